The molecule has 3 atom stereocenters. The molecule has 0 spiro atoms. The van der Waals surface area contributed by atoms with Gasteiger partial charge in [-0.3, -0.25) is 4.90 Å². The molecule has 3 unspecified atom stereocenters. The molecule has 1 saturated carbocycles. The van der Waals surface area contributed by atoms with E-state index in [1.807, 2.05) is 7.05 Å². The van der Waals surface area contributed by atoms with Crippen LogP contribution in [0.3, 0.4) is 0 Å². The van der Waals surface area contributed by atoms with Crippen LogP contribution in [-0.2, 0) is 4.74 Å². The van der Waals surface area contributed by atoms with E-state index in [0.717, 1.165) is 5.92 Å². The molecule has 1 fully saturated rings. The van der Waals surface area contributed by atoms with Crippen LogP contribution in [0.25, 0.3) is 0 Å². The van der Waals surface area contributed by atoms with Crippen molar-refractivity contribution in [2.24, 2.45) is 17.3 Å². The number of nitriles is 1. The van der Waals surface area contributed by atoms with Gasteiger partial charge in [0.1, 0.15) is 0 Å². The number of rotatable bonds is 7. The molecule has 0 amide bonds. The normalized spacial score (nSPS) is 28.5. The molecule has 1 N–H and O–H groups in total. The number of fused-ring (bicyclic) bond motifs is 1. The monoisotopic (exact) mass is 278 g/mol. The van der Waals surface area contributed by atoms with Crippen LogP contribution in [0.1, 0.15) is 26.7 Å². The Kier molecular flexibility index (Phi) is 4.85. The molecule has 0 saturated heterocycles. The Labute approximate surface area is 122 Å². The van der Waals surface area contributed by atoms with Crippen molar-refractivity contribution in [2.75, 3.05) is 33.4 Å². The van der Waals surface area contributed by atoms with Gasteiger partial charge in [-0.05, 0) is 42.7 Å². The lowest BCUT2D eigenvalue weighted by Crippen LogP contribution is -2.48. The van der Waals surface area contributed by atoms with E-state index in [1.165, 1.54) is 18.4 Å². The van der Waals surface area contributed by atoms with Gasteiger partial charge in [0.15, 0.2) is 0 Å². The zero-order valence-electron chi connectivity index (χ0n) is 12.8. The summed E-state index contributed by atoms with van der Waals surface area (Å²) in [6, 6.07) is 2.07. The van der Waals surface area contributed by atoms with Gasteiger partial charge in [-0.1, -0.05) is 19.9 Å². The summed E-state index contributed by atoms with van der Waals surface area (Å²) in [7, 11) is 1.83. The third kappa shape index (κ3) is 3.22. The maximum atomic E-state index is 9.86. The Balaban J connectivity index is 1.69. The van der Waals surface area contributed by atoms with Gasteiger partial charge in [-0.15, -0.1) is 0 Å². The minimum Gasteiger partial charge on any atom is -0.389 e. The summed E-state index contributed by atoms with van der Waals surface area (Å²) in [4.78, 5) is 1.80. The van der Waals surface area contributed by atoms with Crippen LogP contribution in [0, 0.1) is 28.6 Å². The number of likely N-dealkylation sites (N-methyl/N-ethyl adjacent to an activating group) is 1. The van der Waals surface area contributed by atoms with Crippen molar-refractivity contribution in [2.45, 2.75) is 32.8 Å². The quantitative estimate of drug-likeness (QED) is 0.570. The number of hydrogen-bond acceptors (Lipinski definition) is 4. The third-order valence-electron chi connectivity index (χ3n) is 5.02. The summed E-state index contributed by atoms with van der Waals surface area (Å²) in [6.45, 7) is 6.49. The van der Waals surface area contributed by atoms with Crippen LogP contribution in [0.2, 0.25) is 0 Å². The number of aliphatic hydroxyl groups excluding tert-OH is 1. The summed E-state index contributed by atoms with van der Waals surface area (Å²) in [5.74, 6) is 1.51. The maximum absolute atomic E-state index is 9.86. The first-order chi connectivity index (χ1) is 9.45. The van der Waals surface area contributed by atoms with Gasteiger partial charge in [-0.25, -0.2) is 0 Å². The summed E-state index contributed by atoms with van der Waals surface area (Å²) in [5, 5.41) is 18.4. The maximum Gasteiger partial charge on any atom is 0.0900 e. The summed E-state index contributed by atoms with van der Waals surface area (Å²) < 4.78 is 5.67. The van der Waals surface area contributed by atoms with Crippen LogP contribution in [0.4, 0.5) is 0 Å². The lowest BCUT2D eigenvalue weighted by Gasteiger charge is -2.56. The molecule has 3 aliphatic carbocycles. The Morgan fingerprint density at radius 3 is 2.95 bits per heavy atom. The second-order valence-electron chi connectivity index (χ2n) is 6.85. The topological polar surface area (TPSA) is 56.5 Å². The zero-order chi connectivity index (χ0) is 14.8. The Morgan fingerprint density at radius 2 is 2.35 bits per heavy atom. The van der Waals surface area contributed by atoms with Crippen molar-refractivity contribution >= 4 is 0 Å². The standard InChI is InChI=1S/C16H26N2O2/c1-16(2)13-5-4-12(15(16)8-13)10-20-11-14(19)9-18(3)7-6-17/h4,13-15,19H,5,7-11H2,1-3H3. The third-order valence-corrected chi connectivity index (χ3v) is 5.02. The van der Waals surface area contributed by atoms with E-state index in [1.54, 1.807) is 4.90 Å². The van der Waals surface area contributed by atoms with E-state index in [2.05, 4.69) is 26.0 Å². The number of ether oxygens (including phenoxy) is 1. The zero-order valence-corrected chi connectivity index (χ0v) is 12.8. The fourth-order valence-electron chi connectivity index (χ4n) is 3.55. The summed E-state index contributed by atoms with van der Waals surface area (Å²) in [6.07, 6.45) is 4.28. The second kappa shape index (κ2) is 6.26. The minimum atomic E-state index is -0.528. The average molecular weight is 278 g/mol. The van der Waals surface area contributed by atoms with Gasteiger partial charge < -0.3 is 9.84 Å². The van der Waals surface area contributed by atoms with E-state index in [0.29, 0.717) is 37.6 Å². The highest BCUT2D eigenvalue weighted by molar-refractivity contribution is 5.23. The van der Waals surface area contributed by atoms with Crippen LogP contribution < -0.4 is 0 Å². The van der Waals surface area contributed by atoms with E-state index in [-0.39, 0.29) is 0 Å². The molecule has 0 aromatic carbocycles. The van der Waals surface area contributed by atoms with E-state index < -0.39 is 6.10 Å². The number of aliphatic hydroxyl groups is 1. The lowest BCUT2D eigenvalue weighted by molar-refractivity contribution is -0.0253. The Hall–Kier alpha value is -0.890. The molecule has 3 aliphatic rings. The summed E-state index contributed by atoms with van der Waals surface area (Å²) in [5.41, 5.74) is 1.84. The molecule has 4 heteroatoms. The molecule has 4 nitrogen and oxygen atoms in total. The summed E-state index contributed by atoms with van der Waals surface area (Å²) >= 11 is 0. The SMILES string of the molecule is CN(CC#N)CC(O)COCC1=CCC2CC1C2(C)C. The molecular formula is C16H26N2O2. The molecule has 2 bridgehead atoms. The molecule has 0 aliphatic heterocycles. The molecular weight excluding hydrogens is 252 g/mol. The van der Waals surface area contributed by atoms with E-state index >= 15 is 0 Å². The predicted octanol–water partition coefficient (Wildman–Crippen LogP) is 1.81. The van der Waals surface area contributed by atoms with Gasteiger partial charge in [0.2, 0.25) is 0 Å². The predicted molar refractivity (Wildman–Crippen MR) is 78.0 cm³/mol. The molecule has 0 aromatic rings. The first-order valence-electron chi connectivity index (χ1n) is 7.45. The number of hydrogen-bond donors (Lipinski definition) is 1. The fourth-order valence-corrected chi connectivity index (χ4v) is 3.55. The molecule has 0 heterocycles. The van der Waals surface area contributed by atoms with Crippen molar-refractivity contribution in [3.8, 4) is 6.07 Å². The largest absolute Gasteiger partial charge is 0.389 e. The first-order valence-corrected chi connectivity index (χ1v) is 7.45. The molecule has 0 aromatic heterocycles. The number of nitrogens with zero attached hydrogens (tertiary/aromatic N) is 2. The molecule has 20 heavy (non-hydrogen) atoms. The average Bonchev–Trinajstić information content (AvgIpc) is 2.38. The van der Waals surface area contributed by atoms with Crippen molar-refractivity contribution in [3.05, 3.63) is 11.6 Å². The van der Waals surface area contributed by atoms with Gasteiger partial charge in [0.25, 0.3) is 0 Å². The first kappa shape index (κ1) is 15.5. The highest BCUT2D eigenvalue weighted by Gasteiger charge is 2.50. The van der Waals surface area contributed by atoms with Crippen LogP contribution >= 0.6 is 0 Å². The van der Waals surface area contributed by atoms with E-state index in [4.69, 9.17) is 10.00 Å². The highest BCUT2D eigenvalue weighted by Crippen LogP contribution is 2.59. The van der Waals surface area contributed by atoms with Gasteiger partial charge in [-0.2, -0.15) is 5.26 Å². The number of allylic oxidation sites excluding steroid dienone is 1. The molecule has 3 rings (SSSR count). The van der Waals surface area contributed by atoms with E-state index in [9.17, 15) is 5.11 Å². The smallest absolute Gasteiger partial charge is 0.0900 e. The van der Waals surface area contributed by atoms with Crippen LogP contribution in [-0.4, -0.2) is 49.5 Å². The van der Waals surface area contributed by atoms with Gasteiger partial charge in [0, 0.05) is 6.54 Å². The highest BCUT2D eigenvalue weighted by atomic mass is 16.5. The van der Waals surface area contributed by atoms with Crippen LogP contribution in [0.5, 0.6) is 0 Å². The van der Waals surface area contributed by atoms with Crippen molar-refractivity contribution in [3.63, 3.8) is 0 Å². The minimum absolute atomic E-state index is 0.333. The molecule has 0 radical (unpaired) electrons. The van der Waals surface area contributed by atoms with Crippen molar-refractivity contribution in [1.29, 1.82) is 5.26 Å². The van der Waals surface area contributed by atoms with Gasteiger partial charge in [0.05, 0.1) is 31.9 Å². The van der Waals surface area contributed by atoms with Crippen LogP contribution in [0.15, 0.2) is 11.6 Å². The Bertz CT molecular complexity index is 411. The Morgan fingerprint density at radius 1 is 1.60 bits per heavy atom. The molecule has 112 valence electrons. The van der Waals surface area contributed by atoms with Crippen molar-refractivity contribution < 1.29 is 9.84 Å². The van der Waals surface area contributed by atoms with Gasteiger partial charge >= 0.3 is 0 Å². The van der Waals surface area contributed by atoms with Crippen molar-refractivity contribution in [1.82, 2.24) is 4.90 Å². The second-order valence-corrected chi connectivity index (χ2v) is 6.85. The lowest BCUT2D eigenvalue weighted by atomic mass is 9.49. The fraction of sp³-hybridized carbons (Fsp3) is 0.812.